The van der Waals surface area contributed by atoms with Crippen LogP contribution in [0.4, 0.5) is 0 Å². The van der Waals surface area contributed by atoms with Gasteiger partial charge in [-0.1, -0.05) is 54.2 Å². The first kappa shape index (κ1) is 24.1. The van der Waals surface area contributed by atoms with Gasteiger partial charge in [0.2, 0.25) is 0 Å². The third kappa shape index (κ3) is 5.62. The van der Waals surface area contributed by atoms with E-state index in [1.54, 1.807) is 11.8 Å². The molecule has 0 unspecified atom stereocenters. The molecule has 0 spiro atoms. The zero-order valence-electron chi connectivity index (χ0n) is 20.5. The van der Waals surface area contributed by atoms with Gasteiger partial charge in [0.15, 0.2) is 5.16 Å². The molecule has 0 N–H and O–H groups in total. The number of thioether (sulfide) groups is 1. The maximum atomic E-state index is 12.6. The highest BCUT2D eigenvalue weighted by atomic mass is 32.2. The lowest BCUT2D eigenvalue weighted by Crippen LogP contribution is -2.27. The Bertz CT molecular complexity index is 1280. The molecule has 7 heteroatoms. The van der Waals surface area contributed by atoms with Gasteiger partial charge < -0.3 is 9.64 Å². The number of likely N-dealkylation sites (tertiary alicyclic amines) is 1. The molecule has 0 atom stereocenters. The van der Waals surface area contributed by atoms with Gasteiger partial charge in [-0.3, -0.25) is 9.36 Å². The first-order valence-corrected chi connectivity index (χ1v) is 13.4. The molecule has 6 nitrogen and oxygen atoms in total. The van der Waals surface area contributed by atoms with Gasteiger partial charge >= 0.3 is 0 Å². The molecule has 1 saturated heterocycles. The van der Waals surface area contributed by atoms with Gasteiger partial charge in [0, 0.05) is 36.5 Å². The average Bonchev–Trinajstić information content (AvgIpc) is 3.59. The van der Waals surface area contributed by atoms with Crippen LogP contribution in [0.25, 0.3) is 5.69 Å². The van der Waals surface area contributed by atoms with Gasteiger partial charge in [0.05, 0.1) is 6.61 Å². The fraction of sp³-hybridized carbons (Fsp3) is 0.276. The van der Waals surface area contributed by atoms with Crippen molar-refractivity contribution in [1.29, 1.82) is 0 Å². The van der Waals surface area contributed by atoms with Crippen molar-refractivity contribution >= 4 is 17.7 Å². The van der Waals surface area contributed by atoms with E-state index in [1.165, 1.54) is 5.56 Å². The monoisotopic (exact) mass is 498 g/mol. The Labute approximate surface area is 216 Å². The molecule has 4 aromatic rings. The normalized spacial score (nSPS) is 13.2. The van der Waals surface area contributed by atoms with Crippen LogP contribution < -0.4 is 4.74 Å². The first-order valence-electron chi connectivity index (χ1n) is 12.4. The summed E-state index contributed by atoms with van der Waals surface area (Å²) in [6, 6.07) is 26.3. The maximum absolute atomic E-state index is 12.6. The van der Waals surface area contributed by atoms with Crippen molar-refractivity contribution in [3.05, 3.63) is 101 Å². The number of rotatable bonds is 9. The topological polar surface area (TPSA) is 60.2 Å². The summed E-state index contributed by atoms with van der Waals surface area (Å²) >= 11 is 1.64. The Morgan fingerprint density at radius 3 is 2.31 bits per heavy atom. The van der Waals surface area contributed by atoms with Crippen LogP contribution in [-0.2, 0) is 12.2 Å². The number of nitrogens with zero attached hydrogens (tertiary/aromatic N) is 4. The lowest BCUT2D eigenvalue weighted by atomic mass is 10.1. The molecule has 1 aliphatic rings. The molecule has 36 heavy (non-hydrogen) atoms. The zero-order chi connectivity index (χ0) is 24.7. The molecule has 2 heterocycles. The highest BCUT2D eigenvalue weighted by molar-refractivity contribution is 7.98. The van der Waals surface area contributed by atoms with Gasteiger partial charge in [0.25, 0.3) is 5.91 Å². The number of amides is 1. The molecule has 5 rings (SSSR count). The van der Waals surface area contributed by atoms with Gasteiger partial charge in [-0.2, -0.15) is 0 Å². The van der Waals surface area contributed by atoms with E-state index in [-0.39, 0.29) is 5.91 Å². The second kappa shape index (κ2) is 11.4. The van der Waals surface area contributed by atoms with Crippen LogP contribution in [0.3, 0.4) is 0 Å². The van der Waals surface area contributed by atoms with E-state index in [0.717, 1.165) is 65.2 Å². The van der Waals surface area contributed by atoms with Crippen molar-refractivity contribution in [2.45, 2.75) is 37.1 Å². The van der Waals surface area contributed by atoms with Crippen molar-refractivity contribution in [1.82, 2.24) is 19.7 Å². The Morgan fingerprint density at radius 2 is 1.61 bits per heavy atom. The fourth-order valence-corrected chi connectivity index (χ4v) is 5.33. The summed E-state index contributed by atoms with van der Waals surface area (Å²) in [5, 5.41) is 9.93. The van der Waals surface area contributed by atoms with Gasteiger partial charge in [-0.15, -0.1) is 10.2 Å². The van der Waals surface area contributed by atoms with Gasteiger partial charge in [0.1, 0.15) is 11.6 Å². The van der Waals surface area contributed by atoms with E-state index in [1.807, 2.05) is 78.6 Å². The van der Waals surface area contributed by atoms with Crippen LogP contribution in [0.15, 0.2) is 84.0 Å². The summed E-state index contributed by atoms with van der Waals surface area (Å²) in [7, 11) is 0. The smallest absolute Gasteiger partial charge is 0.253 e. The second-order valence-corrected chi connectivity index (χ2v) is 9.75. The van der Waals surface area contributed by atoms with Gasteiger partial charge in [-0.05, 0) is 67.3 Å². The summed E-state index contributed by atoms with van der Waals surface area (Å²) in [5.41, 5.74) is 4.09. The summed E-state index contributed by atoms with van der Waals surface area (Å²) < 4.78 is 7.75. The SMILES string of the molecule is CCOc1ccc(-n2c(Cc3ccccc3)nnc2SCc2ccc(C(=O)N3CCCC3)cc2)cc1. The predicted molar refractivity (Wildman–Crippen MR) is 143 cm³/mol. The molecular formula is C29H30N4O2S. The molecule has 1 aliphatic heterocycles. The number of carbonyl (C=O) groups is 1. The van der Waals surface area contributed by atoms with Crippen LogP contribution in [0.1, 0.15) is 47.1 Å². The molecule has 0 aliphatic carbocycles. The van der Waals surface area contributed by atoms with E-state index in [4.69, 9.17) is 4.74 Å². The van der Waals surface area contributed by atoms with Crippen LogP contribution in [0.5, 0.6) is 5.75 Å². The van der Waals surface area contributed by atoms with E-state index in [2.05, 4.69) is 26.9 Å². The molecular weight excluding hydrogens is 468 g/mol. The van der Waals surface area contributed by atoms with Gasteiger partial charge in [-0.25, -0.2) is 0 Å². The highest BCUT2D eigenvalue weighted by Crippen LogP contribution is 2.28. The van der Waals surface area contributed by atoms with Crippen LogP contribution in [0.2, 0.25) is 0 Å². The zero-order valence-corrected chi connectivity index (χ0v) is 21.3. The molecule has 1 amide bonds. The predicted octanol–water partition coefficient (Wildman–Crippen LogP) is 5.79. The van der Waals surface area contributed by atoms with Crippen molar-refractivity contribution in [2.24, 2.45) is 0 Å². The minimum Gasteiger partial charge on any atom is -0.494 e. The maximum Gasteiger partial charge on any atom is 0.253 e. The Balaban J connectivity index is 1.35. The number of hydrogen-bond donors (Lipinski definition) is 0. The number of carbonyl (C=O) groups excluding carboxylic acids is 1. The number of hydrogen-bond acceptors (Lipinski definition) is 5. The lowest BCUT2D eigenvalue weighted by Gasteiger charge is -2.15. The highest BCUT2D eigenvalue weighted by Gasteiger charge is 2.19. The van der Waals surface area contributed by atoms with Crippen molar-refractivity contribution in [3.8, 4) is 11.4 Å². The molecule has 0 bridgehead atoms. The molecule has 184 valence electrons. The summed E-state index contributed by atoms with van der Waals surface area (Å²) in [5.74, 6) is 2.60. The minimum absolute atomic E-state index is 0.132. The number of aromatic nitrogens is 3. The Kier molecular flexibility index (Phi) is 7.67. The van der Waals surface area contributed by atoms with Crippen molar-refractivity contribution < 1.29 is 9.53 Å². The Morgan fingerprint density at radius 1 is 0.889 bits per heavy atom. The van der Waals surface area contributed by atoms with E-state index >= 15 is 0 Å². The summed E-state index contributed by atoms with van der Waals surface area (Å²) in [6.07, 6.45) is 2.89. The van der Waals surface area contributed by atoms with E-state index < -0.39 is 0 Å². The molecule has 0 radical (unpaired) electrons. The Hall–Kier alpha value is -3.58. The summed E-state index contributed by atoms with van der Waals surface area (Å²) in [4.78, 5) is 14.6. The molecule has 3 aromatic carbocycles. The van der Waals surface area contributed by atoms with Crippen LogP contribution >= 0.6 is 11.8 Å². The summed E-state index contributed by atoms with van der Waals surface area (Å²) in [6.45, 7) is 4.34. The number of ether oxygens (including phenoxy) is 1. The standard InChI is InChI=1S/C29H30N4O2S/c1-2-35-26-16-14-25(15-17-26)33-27(20-22-8-4-3-5-9-22)30-31-29(33)36-21-23-10-12-24(13-11-23)28(34)32-18-6-7-19-32/h3-5,8-17H,2,6-7,18-21H2,1H3. The fourth-order valence-electron chi connectivity index (χ4n) is 4.40. The van der Waals surface area contributed by atoms with Crippen LogP contribution in [-0.4, -0.2) is 45.3 Å². The lowest BCUT2D eigenvalue weighted by molar-refractivity contribution is 0.0793. The van der Waals surface area contributed by atoms with Crippen LogP contribution in [0, 0.1) is 0 Å². The van der Waals surface area contributed by atoms with Crippen molar-refractivity contribution in [2.75, 3.05) is 19.7 Å². The third-order valence-electron chi connectivity index (χ3n) is 6.27. The van der Waals surface area contributed by atoms with E-state index in [0.29, 0.717) is 13.0 Å². The first-order chi connectivity index (χ1) is 17.7. The molecule has 1 fully saturated rings. The largest absolute Gasteiger partial charge is 0.494 e. The quantitative estimate of drug-likeness (QED) is 0.274. The van der Waals surface area contributed by atoms with E-state index in [9.17, 15) is 4.79 Å². The number of benzene rings is 3. The third-order valence-corrected chi connectivity index (χ3v) is 7.27. The average molecular weight is 499 g/mol. The molecule has 1 aromatic heterocycles. The molecule has 0 saturated carbocycles. The minimum atomic E-state index is 0.132. The second-order valence-electron chi connectivity index (χ2n) is 8.81. The van der Waals surface area contributed by atoms with Crippen molar-refractivity contribution in [3.63, 3.8) is 0 Å².